The summed E-state index contributed by atoms with van der Waals surface area (Å²) in [4.78, 5) is 12.6. The third-order valence-corrected chi connectivity index (χ3v) is 5.62. The summed E-state index contributed by atoms with van der Waals surface area (Å²) in [7, 11) is 1.45. The molecule has 0 aliphatic rings. The average Bonchev–Trinajstić information content (AvgIpc) is 3.29. The first-order valence-electron chi connectivity index (χ1n) is 8.28. The Morgan fingerprint density at radius 3 is 2.81 bits per heavy atom. The Balaban J connectivity index is 1.73. The minimum absolute atomic E-state index is 0.109. The van der Waals surface area contributed by atoms with E-state index in [9.17, 15) is 9.18 Å². The smallest absolute Gasteiger partial charge is 0.281 e. The molecule has 0 aliphatic carbocycles. The van der Waals surface area contributed by atoms with Gasteiger partial charge in [0, 0.05) is 5.75 Å². The van der Waals surface area contributed by atoms with Crippen molar-refractivity contribution in [2.75, 3.05) is 18.2 Å². The summed E-state index contributed by atoms with van der Waals surface area (Å²) in [5, 5.41) is 15.4. The lowest BCUT2D eigenvalue weighted by molar-refractivity contribution is 0.101. The fourth-order valence-corrected chi connectivity index (χ4v) is 4.07. The lowest BCUT2D eigenvalue weighted by Crippen LogP contribution is -2.14. The lowest BCUT2D eigenvalue weighted by atomic mass is 10.3. The van der Waals surface area contributed by atoms with Crippen molar-refractivity contribution in [3.8, 4) is 11.4 Å². The van der Waals surface area contributed by atoms with Crippen LogP contribution in [0.15, 0.2) is 34.8 Å². The van der Waals surface area contributed by atoms with Gasteiger partial charge in [0.25, 0.3) is 5.91 Å². The summed E-state index contributed by atoms with van der Waals surface area (Å²) in [5.74, 6) is 0.474. The second-order valence-electron chi connectivity index (χ2n) is 5.50. The Morgan fingerprint density at radius 2 is 2.11 bits per heavy atom. The van der Waals surface area contributed by atoms with E-state index in [-0.39, 0.29) is 11.5 Å². The highest BCUT2D eigenvalue weighted by molar-refractivity contribution is 8.01. The highest BCUT2D eigenvalue weighted by Gasteiger charge is 2.20. The van der Waals surface area contributed by atoms with Crippen LogP contribution in [0.1, 0.15) is 30.3 Å². The van der Waals surface area contributed by atoms with Crippen LogP contribution in [0.25, 0.3) is 5.69 Å². The number of unbranched alkanes of at least 4 members (excludes halogenated alkanes) is 1. The van der Waals surface area contributed by atoms with Crippen LogP contribution in [0.5, 0.6) is 5.75 Å². The monoisotopic (exact) mass is 407 g/mol. The molecule has 3 aromatic rings. The number of hydrogen-bond acceptors (Lipinski definition) is 7. The Morgan fingerprint density at radius 1 is 1.33 bits per heavy atom. The zero-order chi connectivity index (χ0) is 19.2. The van der Waals surface area contributed by atoms with Crippen molar-refractivity contribution in [1.29, 1.82) is 0 Å². The molecule has 2 aromatic heterocycles. The summed E-state index contributed by atoms with van der Waals surface area (Å²) in [6.45, 7) is 2.13. The number of benzene rings is 1. The van der Waals surface area contributed by atoms with Crippen LogP contribution in [0.2, 0.25) is 0 Å². The minimum Gasteiger partial charge on any atom is -0.493 e. The van der Waals surface area contributed by atoms with Crippen LogP contribution in [-0.2, 0) is 0 Å². The minimum atomic E-state index is -0.450. The van der Waals surface area contributed by atoms with Gasteiger partial charge in [-0.1, -0.05) is 36.4 Å². The summed E-state index contributed by atoms with van der Waals surface area (Å²) >= 11 is 2.93. The molecule has 0 atom stereocenters. The Labute approximate surface area is 164 Å². The van der Waals surface area contributed by atoms with Crippen LogP contribution in [-0.4, -0.2) is 38.7 Å². The number of methoxy groups -OCH3 is 1. The molecular formula is C17H18FN5O2S2. The van der Waals surface area contributed by atoms with Gasteiger partial charge >= 0.3 is 0 Å². The first-order chi connectivity index (χ1) is 13.1. The third kappa shape index (κ3) is 4.83. The molecule has 1 aromatic carbocycles. The van der Waals surface area contributed by atoms with Gasteiger partial charge in [0.15, 0.2) is 15.8 Å². The van der Waals surface area contributed by atoms with E-state index in [1.54, 1.807) is 30.1 Å². The van der Waals surface area contributed by atoms with Gasteiger partial charge in [0.1, 0.15) is 5.82 Å². The van der Waals surface area contributed by atoms with Crippen molar-refractivity contribution >= 4 is 34.1 Å². The topological polar surface area (TPSA) is 81.9 Å². The predicted octanol–water partition coefficient (Wildman–Crippen LogP) is 4.02. The molecule has 142 valence electrons. The Kier molecular flexibility index (Phi) is 6.40. The van der Waals surface area contributed by atoms with E-state index in [4.69, 9.17) is 4.74 Å². The number of anilines is 1. The van der Waals surface area contributed by atoms with E-state index < -0.39 is 5.91 Å². The molecule has 0 fully saturated rings. The van der Waals surface area contributed by atoms with Crippen LogP contribution in [0, 0.1) is 5.82 Å². The van der Waals surface area contributed by atoms with Crippen LogP contribution >= 0.6 is 23.1 Å². The number of carbonyl (C=O) groups is 1. The molecule has 3 rings (SSSR count). The number of ether oxygens (including phenoxy) is 1. The number of carbonyl (C=O) groups excluding carboxylic acids is 1. The third-order valence-electron chi connectivity index (χ3n) is 3.56. The number of halogens is 1. The van der Waals surface area contributed by atoms with Crippen molar-refractivity contribution < 1.29 is 13.9 Å². The summed E-state index contributed by atoms with van der Waals surface area (Å²) in [6, 6.07) is 5.77. The zero-order valence-corrected chi connectivity index (χ0v) is 16.4. The fraction of sp³-hybridized carbons (Fsp3) is 0.294. The highest BCUT2D eigenvalue weighted by atomic mass is 32.2. The maximum atomic E-state index is 13.1. The molecule has 0 saturated carbocycles. The van der Waals surface area contributed by atoms with Crippen molar-refractivity contribution in [3.05, 3.63) is 42.0 Å². The summed E-state index contributed by atoms with van der Waals surface area (Å²) in [6.07, 6.45) is 3.78. The molecule has 1 amide bonds. The quantitative estimate of drug-likeness (QED) is 0.345. The molecule has 0 bridgehead atoms. The van der Waals surface area contributed by atoms with E-state index in [1.165, 1.54) is 35.3 Å². The van der Waals surface area contributed by atoms with E-state index in [0.29, 0.717) is 16.6 Å². The Hall–Kier alpha value is -2.46. The van der Waals surface area contributed by atoms with Crippen LogP contribution in [0.4, 0.5) is 9.52 Å². The normalized spacial score (nSPS) is 10.8. The van der Waals surface area contributed by atoms with Crippen LogP contribution < -0.4 is 10.1 Å². The average molecular weight is 407 g/mol. The number of aromatic nitrogens is 4. The molecule has 0 radical (unpaired) electrons. The van der Waals surface area contributed by atoms with Gasteiger partial charge in [-0.2, -0.15) is 5.10 Å². The van der Waals surface area contributed by atoms with Gasteiger partial charge in [-0.25, -0.2) is 9.07 Å². The largest absolute Gasteiger partial charge is 0.493 e. The molecule has 10 heteroatoms. The second kappa shape index (κ2) is 8.96. The highest BCUT2D eigenvalue weighted by Crippen LogP contribution is 2.27. The number of nitrogens with one attached hydrogen (secondary N) is 1. The molecule has 7 nitrogen and oxygen atoms in total. The van der Waals surface area contributed by atoms with Gasteiger partial charge in [0.05, 0.1) is 19.0 Å². The molecular weight excluding hydrogens is 389 g/mol. The van der Waals surface area contributed by atoms with E-state index in [2.05, 4.69) is 27.5 Å². The summed E-state index contributed by atoms with van der Waals surface area (Å²) < 4.78 is 20.6. The number of thioether (sulfide) groups is 1. The van der Waals surface area contributed by atoms with E-state index >= 15 is 0 Å². The molecule has 1 N–H and O–H groups in total. The Bertz CT molecular complexity index is 910. The van der Waals surface area contributed by atoms with Gasteiger partial charge in [-0.3, -0.25) is 10.1 Å². The standard InChI is InChI=1S/C17H18FN5O2S2/c1-3-4-9-26-17-21-20-16(27-17)19-15(24)14-13(25-2)10-23(22-14)12-7-5-11(18)6-8-12/h5-8,10H,3-4,9H2,1-2H3,(H,19,20,24). The molecule has 0 saturated heterocycles. The molecule has 27 heavy (non-hydrogen) atoms. The SMILES string of the molecule is CCCCSc1nnc(NC(=O)c2nn(-c3ccc(F)cc3)cc2OC)s1. The van der Waals surface area contributed by atoms with Gasteiger partial charge < -0.3 is 4.74 Å². The van der Waals surface area contributed by atoms with Gasteiger partial charge in [0.2, 0.25) is 5.13 Å². The number of nitrogens with zero attached hydrogens (tertiary/aromatic N) is 4. The lowest BCUT2D eigenvalue weighted by Gasteiger charge is -2.00. The molecule has 2 heterocycles. The molecule has 0 aliphatic heterocycles. The van der Waals surface area contributed by atoms with Crippen molar-refractivity contribution in [3.63, 3.8) is 0 Å². The zero-order valence-electron chi connectivity index (χ0n) is 14.8. The fourth-order valence-electron chi connectivity index (χ4n) is 2.17. The molecule has 0 spiro atoms. The maximum absolute atomic E-state index is 13.1. The second-order valence-corrected chi connectivity index (χ2v) is 7.82. The van der Waals surface area contributed by atoms with E-state index in [1.807, 2.05) is 0 Å². The number of rotatable bonds is 8. The number of hydrogen-bond donors (Lipinski definition) is 1. The van der Waals surface area contributed by atoms with Crippen molar-refractivity contribution in [2.24, 2.45) is 0 Å². The number of amides is 1. The van der Waals surface area contributed by atoms with Crippen molar-refractivity contribution in [1.82, 2.24) is 20.0 Å². The molecule has 0 unspecified atom stereocenters. The van der Waals surface area contributed by atoms with E-state index in [0.717, 1.165) is 22.9 Å². The van der Waals surface area contributed by atoms with Gasteiger partial charge in [-0.05, 0) is 30.7 Å². The van der Waals surface area contributed by atoms with Gasteiger partial charge in [-0.15, -0.1) is 10.2 Å². The predicted molar refractivity (Wildman–Crippen MR) is 104 cm³/mol. The maximum Gasteiger partial charge on any atom is 0.281 e. The first-order valence-corrected chi connectivity index (χ1v) is 10.1. The van der Waals surface area contributed by atoms with Crippen molar-refractivity contribution in [2.45, 2.75) is 24.1 Å². The first kappa shape index (κ1) is 19.3. The van der Waals surface area contributed by atoms with Crippen LogP contribution in [0.3, 0.4) is 0 Å². The summed E-state index contributed by atoms with van der Waals surface area (Å²) in [5.41, 5.74) is 0.719.